The number of thioether (sulfide) groups is 1. The number of rotatable bonds is 9. The smallest absolute Gasteiger partial charge is 0.230 e. The normalized spacial score (nSPS) is 13.9. The van der Waals surface area contributed by atoms with E-state index in [0.717, 1.165) is 30.4 Å². The van der Waals surface area contributed by atoms with Crippen molar-refractivity contribution in [2.75, 3.05) is 12.3 Å². The van der Waals surface area contributed by atoms with Crippen LogP contribution in [0.3, 0.4) is 0 Å². The summed E-state index contributed by atoms with van der Waals surface area (Å²) in [5.74, 6) is 2.12. The molecule has 0 atom stereocenters. The van der Waals surface area contributed by atoms with Crippen LogP contribution in [0.2, 0.25) is 0 Å². The summed E-state index contributed by atoms with van der Waals surface area (Å²) >= 11 is 1.48. The quantitative estimate of drug-likeness (QED) is 0.711. The first-order chi connectivity index (χ1) is 11.8. The molecule has 128 valence electrons. The average molecular weight is 344 g/mol. The van der Waals surface area contributed by atoms with Gasteiger partial charge in [0.2, 0.25) is 5.91 Å². The van der Waals surface area contributed by atoms with Gasteiger partial charge in [0.05, 0.1) is 5.75 Å². The molecular formula is C18H24N4OS. The van der Waals surface area contributed by atoms with Crippen molar-refractivity contribution in [3.63, 3.8) is 0 Å². The van der Waals surface area contributed by atoms with E-state index in [1.807, 2.05) is 18.2 Å². The predicted octanol–water partition coefficient (Wildman–Crippen LogP) is 3.02. The molecule has 1 aliphatic carbocycles. The molecule has 2 aromatic rings. The van der Waals surface area contributed by atoms with Crippen LogP contribution in [-0.4, -0.2) is 33.0 Å². The van der Waals surface area contributed by atoms with Gasteiger partial charge in [-0.05, 0) is 31.2 Å². The predicted molar refractivity (Wildman–Crippen MR) is 96.2 cm³/mol. The molecule has 1 saturated carbocycles. The molecule has 1 aliphatic rings. The monoisotopic (exact) mass is 344 g/mol. The molecule has 1 fully saturated rings. The summed E-state index contributed by atoms with van der Waals surface area (Å²) in [5, 5.41) is 12.5. The fraction of sp³-hybridized carbons (Fsp3) is 0.500. The van der Waals surface area contributed by atoms with Crippen LogP contribution in [0.1, 0.15) is 43.5 Å². The fourth-order valence-electron chi connectivity index (χ4n) is 2.66. The van der Waals surface area contributed by atoms with Gasteiger partial charge in [-0.1, -0.05) is 49.0 Å². The molecule has 1 heterocycles. The number of nitrogens with one attached hydrogen (secondary N) is 1. The summed E-state index contributed by atoms with van der Waals surface area (Å²) in [6.45, 7) is 3.75. The highest BCUT2D eigenvalue weighted by Gasteiger charge is 2.30. The van der Waals surface area contributed by atoms with E-state index < -0.39 is 0 Å². The Bertz CT molecular complexity index is 667. The number of benzene rings is 1. The fourth-order valence-corrected chi connectivity index (χ4v) is 3.46. The molecule has 0 unspecified atom stereocenters. The van der Waals surface area contributed by atoms with Crippen LogP contribution >= 0.6 is 11.8 Å². The Hall–Kier alpha value is -1.82. The van der Waals surface area contributed by atoms with Gasteiger partial charge in [0.25, 0.3) is 0 Å². The van der Waals surface area contributed by atoms with Crippen molar-refractivity contribution in [2.45, 2.75) is 50.2 Å². The van der Waals surface area contributed by atoms with Crippen molar-refractivity contribution in [2.24, 2.45) is 0 Å². The third-order valence-corrected chi connectivity index (χ3v) is 5.01. The van der Waals surface area contributed by atoms with Crippen LogP contribution in [-0.2, 0) is 17.8 Å². The van der Waals surface area contributed by atoms with Crippen molar-refractivity contribution in [1.82, 2.24) is 20.1 Å². The lowest BCUT2D eigenvalue weighted by Crippen LogP contribution is -2.27. The van der Waals surface area contributed by atoms with E-state index in [9.17, 15) is 4.79 Å². The van der Waals surface area contributed by atoms with E-state index in [1.165, 1.54) is 30.2 Å². The zero-order chi connectivity index (χ0) is 16.8. The Morgan fingerprint density at radius 1 is 1.29 bits per heavy atom. The lowest BCUT2D eigenvalue weighted by molar-refractivity contribution is -0.118. The molecule has 0 aliphatic heterocycles. The van der Waals surface area contributed by atoms with Crippen LogP contribution in [0.5, 0.6) is 0 Å². The number of aromatic nitrogens is 3. The maximum atomic E-state index is 12.0. The summed E-state index contributed by atoms with van der Waals surface area (Å²) in [5.41, 5.74) is 1.24. The minimum Gasteiger partial charge on any atom is -0.355 e. The summed E-state index contributed by atoms with van der Waals surface area (Å²) in [6.07, 6.45) is 4.34. The SMILES string of the molecule is CCCn1c(SCC(=O)NCCc2ccccc2)nnc1C1CC1. The zero-order valence-corrected chi connectivity index (χ0v) is 14.9. The molecule has 0 bridgehead atoms. The van der Waals surface area contributed by atoms with Gasteiger partial charge < -0.3 is 9.88 Å². The number of hydrogen-bond acceptors (Lipinski definition) is 4. The number of carbonyl (C=O) groups is 1. The lowest BCUT2D eigenvalue weighted by Gasteiger charge is -2.08. The van der Waals surface area contributed by atoms with Crippen LogP contribution in [0.15, 0.2) is 35.5 Å². The van der Waals surface area contributed by atoms with Gasteiger partial charge in [0.1, 0.15) is 5.82 Å². The van der Waals surface area contributed by atoms with Crippen molar-refractivity contribution < 1.29 is 4.79 Å². The van der Waals surface area contributed by atoms with Gasteiger partial charge >= 0.3 is 0 Å². The van der Waals surface area contributed by atoms with E-state index in [1.54, 1.807) is 0 Å². The second kappa shape index (κ2) is 8.33. The van der Waals surface area contributed by atoms with Crippen molar-refractivity contribution in [1.29, 1.82) is 0 Å². The summed E-state index contributed by atoms with van der Waals surface area (Å²) in [6, 6.07) is 10.2. The minimum atomic E-state index is 0.0509. The molecule has 0 spiro atoms. The molecular weight excluding hydrogens is 320 g/mol. The third-order valence-electron chi connectivity index (χ3n) is 4.05. The van der Waals surface area contributed by atoms with Gasteiger partial charge in [-0.15, -0.1) is 10.2 Å². The van der Waals surface area contributed by atoms with E-state index >= 15 is 0 Å². The van der Waals surface area contributed by atoms with Gasteiger partial charge in [0, 0.05) is 19.0 Å². The van der Waals surface area contributed by atoms with Crippen LogP contribution in [0, 0.1) is 0 Å². The van der Waals surface area contributed by atoms with Crippen LogP contribution in [0.25, 0.3) is 0 Å². The Morgan fingerprint density at radius 3 is 2.79 bits per heavy atom. The van der Waals surface area contributed by atoms with Crippen molar-refractivity contribution >= 4 is 17.7 Å². The number of carbonyl (C=O) groups excluding carboxylic acids is 1. The zero-order valence-electron chi connectivity index (χ0n) is 14.1. The molecule has 5 nitrogen and oxygen atoms in total. The van der Waals surface area contributed by atoms with E-state index in [2.05, 4.69) is 39.1 Å². The number of hydrogen-bond donors (Lipinski definition) is 1. The molecule has 1 aromatic heterocycles. The van der Waals surface area contributed by atoms with E-state index in [4.69, 9.17) is 0 Å². The van der Waals surface area contributed by atoms with Crippen molar-refractivity contribution in [3.8, 4) is 0 Å². The Labute approximate surface area is 147 Å². The average Bonchev–Trinajstić information content (AvgIpc) is 3.36. The highest BCUT2D eigenvalue weighted by Crippen LogP contribution is 2.40. The maximum Gasteiger partial charge on any atom is 0.230 e. The molecule has 3 rings (SSSR count). The topological polar surface area (TPSA) is 59.8 Å². The molecule has 0 saturated heterocycles. The van der Waals surface area contributed by atoms with Gasteiger partial charge in [-0.25, -0.2) is 0 Å². The standard InChI is InChI=1S/C18H24N4OS/c1-2-12-22-17(15-8-9-15)20-21-18(22)24-13-16(23)19-11-10-14-6-4-3-5-7-14/h3-7,15H,2,8-13H2,1H3,(H,19,23). The van der Waals surface area contributed by atoms with Gasteiger partial charge in [-0.2, -0.15) is 0 Å². The van der Waals surface area contributed by atoms with E-state index in [-0.39, 0.29) is 5.91 Å². The molecule has 6 heteroatoms. The Kier molecular flexibility index (Phi) is 5.91. The summed E-state index contributed by atoms with van der Waals surface area (Å²) in [4.78, 5) is 12.0. The van der Waals surface area contributed by atoms with Gasteiger partial charge in [-0.3, -0.25) is 4.79 Å². The number of amides is 1. The summed E-state index contributed by atoms with van der Waals surface area (Å²) < 4.78 is 2.19. The third kappa shape index (κ3) is 4.60. The highest BCUT2D eigenvalue weighted by molar-refractivity contribution is 7.99. The summed E-state index contributed by atoms with van der Waals surface area (Å²) in [7, 11) is 0. The van der Waals surface area contributed by atoms with Crippen LogP contribution in [0.4, 0.5) is 0 Å². The largest absolute Gasteiger partial charge is 0.355 e. The Morgan fingerprint density at radius 2 is 2.08 bits per heavy atom. The van der Waals surface area contributed by atoms with E-state index in [0.29, 0.717) is 18.2 Å². The maximum absolute atomic E-state index is 12.0. The first-order valence-electron chi connectivity index (χ1n) is 8.64. The highest BCUT2D eigenvalue weighted by atomic mass is 32.2. The second-order valence-corrected chi connectivity index (χ2v) is 7.08. The van der Waals surface area contributed by atoms with Crippen molar-refractivity contribution in [3.05, 3.63) is 41.7 Å². The first kappa shape index (κ1) is 17.0. The minimum absolute atomic E-state index is 0.0509. The molecule has 1 N–H and O–H groups in total. The Balaban J connectivity index is 1.46. The van der Waals surface area contributed by atoms with Crippen LogP contribution < -0.4 is 5.32 Å². The lowest BCUT2D eigenvalue weighted by atomic mass is 10.1. The molecule has 1 amide bonds. The molecule has 24 heavy (non-hydrogen) atoms. The number of nitrogens with zero attached hydrogens (tertiary/aromatic N) is 3. The molecule has 0 radical (unpaired) electrons. The second-order valence-electron chi connectivity index (χ2n) is 6.14. The van der Waals surface area contributed by atoms with Gasteiger partial charge in [0.15, 0.2) is 5.16 Å². The first-order valence-corrected chi connectivity index (χ1v) is 9.63. The molecule has 1 aromatic carbocycles.